The lowest BCUT2D eigenvalue weighted by molar-refractivity contribution is 0.197. The topological polar surface area (TPSA) is 50.1 Å². The molecule has 0 spiro atoms. The van der Waals surface area contributed by atoms with Crippen molar-refractivity contribution < 1.29 is 4.39 Å². The van der Waals surface area contributed by atoms with Crippen molar-refractivity contribution in [1.82, 2.24) is 25.1 Å². The van der Waals surface area contributed by atoms with Crippen molar-refractivity contribution in [3.63, 3.8) is 0 Å². The molecule has 1 aromatic heterocycles. The van der Waals surface area contributed by atoms with Crippen LogP contribution in [0.3, 0.4) is 0 Å². The lowest BCUT2D eigenvalue weighted by Crippen LogP contribution is -2.48. The smallest absolute Gasteiger partial charge is 0.173 e. The summed E-state index contributed by atoms with van der Waals surface area (Å²) in [4.78, 5) is 4.48. The molecule has 1 saturated heterocycles. The van der Waals surface area contributed by atoms with Crippen LogP contribution in [0.4, 0.5) is 10.1 Å². The second-order valence-corrected chi connectivity index (χ2v) is 8.73. The molecular weight excluding hydrogens is 415 g/mol. The summed E-state index contributed by atoms with van der Waals surface area (Å²) in [6.07, 6.45) is 4.63. The minimum atomic E-state index is -0.177. The van der Waals surface area contributed by atoms with Crippen molar-refractivity contribution in [2.24, 2.45) is 0 Å². The van der Waals surface area contributed by atoms with Gasteiger partial charge in [-0.05, 0) is 47.0 Å². The Hall–Kier alpha value is -2.51. The summed E-state index contributed by atoms with van der Waals surface area (Å²) < 4.78 is 16.3. The molecule has 5 rings (SSSR count). The molecule has 8 heteroatoms. The van der Waals surface area contributed by atoms with E-state index in [0.29, 0.717) is 16.8 Å². The first-order valence-electron chi connectivity index (χ1n) is 11.0. The fourth-order valence-electron chi connectivity index (χ4n) is 4.91. The summed E-state index contributed by atoms with van der Waals surface area (Å²) >= 11 is 6.65. The van der Waals surface area contributed by atoms with E-state index < -0.39 is 0 Å². The molecule has 0 bridgehead atoms. The van der Waals surface area contributed by atoms with Gasteiger partial charge in [0, 0.05) is 31.2 Å². The zero-order chi connectivity index (χ0) is 21.2. The zero-order valence-electron chi connectivity index (χ0n) is 17.4. The molecule has 0 unspecified atom stereocenters. The average molecular weight is 441 g/mol. The van der Waals surface area contributed by atoms with E-state index in [9.17, 15) is 4.39 Å². The molecule has 1 atom stereocenters. The number of rotatable bonds is 5. The van der Waals surface area contributed by atoms with Gasteiger partial charge >= 0.3 is 0 Å². The van der Waals surface area contributed by atoms with E-state index in [4.69, 9.17) is 11.6 Å². The van der Waals surface area contributed by atoms with Gasteiger partial charge in [-0.2, -0.15) is 0 Å². The summed E-state index contributed by atoms with van der Waals surface area (Å²) in [6.45, 7) is 2.99. The fourth-order valence-corrected chi connectivity index (χ4v) is 5.15. The summed E-state index contributed by atoms with van der Waals surface area (Å²) in [5, 5.41) is 13.6. The van der Waals surface area contributed by atoms with Gasteiger partial charge in [0.15, 0.2) is 5.82 Å². The second kappa shape index (κ2) is 8.93. The van der Waals surface area contributed by atoms with Gasteiger partial charge in [-0.3, -0.25) is 4.90 Å². The predicted molar refractivity (Wildman–Crippen MR) is 119 cm³/mol. The summed E-state index contributed by atoms with van der Waals surface area (Å²) in [5.74, 6) is 0.670. The van der Waals surface area contributed by atoms with Gasteiger partial charge < -0.3 is 4.90 Å². The normalized spacial score (nSPS) is 19.1. The highest BCUT2D eigenvalue weighted by Gasteiger charge is 2.34. The Morgan fingerprint density at radius 1 is 0.935 bits per heavy atom. The average Bonchev–Trinajstić information content (AvgIpc) is 3.48. The van der Waals surface area contributed by atoms with E-state index >= 15 is 0 Å². The second-order valence-electron chi connectivity index (χ2n) is 8.32. The quantitative estimate of drug-likeness (QED) is 0.585. The first-order valence-corrected chi connectivity index (χ1v) is 11.4. The van der Waals surface area contributed by atoms with Crippen LogP contribution >= 0.6 is 11.6 Å². The van der Waals surface area contributed by atoms with E-state index in [1.807, 2.05) is 35.0 Å². The van der Waals surface area contributed by atoms with Crippen molar-refractivity contribution in [2.75, 3.05) is 31.1 Å². The number of para-hydroxylation sites is 1. The molecule has 3 aromatic rings. The molecule has 0 radical (unpaired) electrons. The highest BCUT2D eigenvalue weighted by Crippen LogP contribution is 2.37. The zero-order valence-corrected chi connectivity index (χ0v) is 18.1. The number of halogens is 2. The van der Waals surface area contributed by atoms with Crippen molar-refractivity contribution in [3.05, 3.63) is 70.8 Å². The van der Waals surface area contributed by atoms with Gasteiger partial charge in [0.2, 0.25) is 0 Å². The van der Waals surface area contributed by atoms with Crippen LogP contribution in [-0.2, 0) is 0 Å². The third-order valence-electron chi connectivity index (χ3n) is 6.51. The number of benzene rings is 2. The van der Waals surface area contributed by atoms with Crippen molar-refractivity contribution >= 4 is 17.3 Å². The molecule has 162 valence electrons. The van der Waals surface area contributed by atoms with Gasteiger partial charge in [-0.15, -0.1) is 5.10 Å². The number of nitrogens with zero attached hydrogens (tertiary/aromatic N) is 6. The fraction of sp³-hybridized carbons (Fsp3) is 0.435. The van der Waals surface area contributed by atoms with Crippen LogP contribution in [0.1, 0.15) is 49.2 Å². The molecule has 2 fully saturated rings. The van der Waals surface area contributed by atoms with Crippen LogP contribution in [0.5, 0.6) is 0 Å². The molecule has 1 saturated carbocycles. The molecule has 2 aromatic carbocycles. The highest BCUT2D eigenvalue weighted by molar-refractivity contribution is 6.31. The van der Waals surface area contributed by atoms with Crippen LogP contribution in [0, 0.1) is 5.82 Å². The summed E-state index contributed by atoms with van der Waals surface area (Å²) in [5.41, 5.74) is 1.67. The molecule has 1 aliphatic carbocycles. The minimum Gasteiger partial charge on any atom is -0.367 e. The Kier molecular flexibility index (Phi) is 5.87. The van der Waals surface area contributed by atoms with Crippen LogP contribution in [-0.4, -0.2) is 51.3 Å². The Bertz CT molecular complexity index is 1030. The van der Waals surface area contributed by atoms with Gasteiger partial charge in [0.1, 0.15) is 5.82 Å². The number of aromatic nitrogens is 4. The van der Waals surface area contributed by atoms with Crippen molar-refractivity contribution in [2.45, 2.75) is 37.8 Å². The monoisotopic (exact) mass is 440 g/mol. The summed E-state index contributed by atoms with van der Waals surface area (Å²) in [6, 6.07) is 15.1. The van der Waals surface area contributed by atoms with Gasteiger partial charge in [-0.25, -0.2) is 9.07 Å². The molecule has 0 amide bonds. The standard InChI is InChI=1S/C23H26ClFN6/c24-19-10-4-3-9-18(19)22(23-26-27-28-31(23)17-7-1-2-8-17)30-15-13-29(14-16-30)21-12-6-5-11-20(21)25/h3-6,9-12,17,22H,1-2,7-8,13-16H2/t22-/m0/s1. The minimum absolute atomic E-state index is 0.132. The predicted octanol–water partition coefficient (Wildman–Crippen LogP) is 4.49. The van der Waals surface area contributed by atoms with Gasteiger partial charge in [-0.1, -0.05) is 54.8 Å². The van der Waals surface area contributed by atoms with Crippen LogP contribution in [0.15, 0.2) is 48.5 Å². The maximum atomic E-state index is 14.3. The van der Waals surface area contributed by atoms with E-state index in [1.54, 1.807) is 6.07 Å². The van der Waals surface area contributed by atoms with E-state index in [1.165, 1.54) is 18.9 Å². The summed E-state index contributed by atoms with van der Waals surface area (Å²) in [7, 11) is 0. The highest BCUT2D eigenvalue weighted by atomic mass is 35.5. The lowest BCUT2D eigenvalue weighted by atomic mass is 10.0. The van der Waals surface area contributed by atoms with Gasteiger partial charge in [0.05, 0.1) is 17.8 Å². The molecule has 6 nitrogen and oxygen atoms in total. The Morgan fingerprint density at radius 3 is 2.39 bits per heavy atom. The Morgan fingerprint density at radius 2 is 1.65 bits per heavy atom. The number of hydrogen-bond acceptors (Lipinski definition) is 5. The SMILES string of the molecule is Fc1ccccc1N1CCN([C@@H](c2ccccc2Cl)c2nnnn2C2CCCC2)CC1. The first kappa shape index (κ1) is 20.4. The first-order chi connectivity index (χ1) is 15.2. The van der Waals surface area contributed by atoms with E-state index in [-0.39, 0.29) is 11.9 Å². The van der Waals surface area contributed by atoms with Crippen molar-refractivity contribution in [3.8, 4) is 0 Å². The molecule has 2 aliphatic rings. The van der Waals surface area contributed by atoms with E-state index in [0.717, 1.165) is 50.4 Å². The number of piperazine rings is 1. The number of tetrazole rings is 1. The third-order valence-corrected chi connectivity index (χ3v) is 6.85. The Balaban J connectivity index is 1.45. The number of anilines is 1. The molecular formula is C23H26ClFN6. The Labute approximate surface area is 186 Å². The third kappa shape index (κ3) is 4.04. The number of hydrogen-bond donors (Lipinski definition) is 0. The molecule has 1 aliphatic heterocycles. The lowest BCUT2D eigenvalue weighted by Gasteiger charge is -2.40. The molecule has 31 heavy (non-hydrogen) atoms. The maximum absolute atomic E-state index is 14.3. The van der Waals surface area contributed by atoms with Crippen LogP contribution < -0.4 is 4.90 Å². The molecule has 2 heterocycles. The van der Waals surface area contributed by atoms with Crippen LogP contribution in [0.2, 0.25) is 5.02 Å². The van der Waals surface area contributed by atoms with E-state index in [2.05, 4.69) is 31.4 Å². The largest absolute Gasteiger partial charge is 0.367 e. The van der Waals surface area contributed by atoms with Crippen LogP contribution in [0.25, 0.3) is 0 Å². The molecule has 0 N–H and O–H groups in total. The van der Waals surface area contributed by atoms with Crippen molar-refractivity contribution in [1.29, 1.82) is 0 Å². The van der Waals surface area contributed by atoms with Gasteiger partial charge in [0.25, 0.3) is 0 Å². The maximum Gasteiger partial charge on any atom is 0.173 e.